The second-order valence-electron chi connectivity index (χ2n) is 17.9. The molecule has 0 radical (unpaired) electrons. The van der Waals surface area contributed by atoms with Gasteiger partial charge in [0.15, 0.2) is 17.0 Å². The molecule has 1 aliphatic carbocycles. The van der Waals surface area contributed by atoms with E-state index in [-0.39, 0.29) is 60.5 Å². The van der Waals surface area contributed by atoms with Crippen molar-refractivity contribution in [3.63, 3.8) is 0 Å². The summed E-state index contributed by atoms with van der Waals surface area (Å²) in [4.78, 5) is 123. The Balaban J connectivity index is 0.940. The van der Waals surface area contributed by atoms with Gasteiger partial charge in [0.05, 0.1) is 6.33 Å². The molecule has 9 rings (SSSR count). The molecular formula is C55H49N11O11. The van der Waals surface area contributed by atoms with E-state index in [1.807, 2.05) is 66.7 Å². The number of aryl methyl sites for hydroxylation is 1. The van der Waals surface area contributed by atoms with Gasteiger partial charge in [-0.15, -0.1) is 0 Å². The first kappa shape index (κ1) is 51.6. The zero-order valence-corrected chi connectivity index (χ0v) is 41.3. The van der Waals surface area contributed by atoms with E-state index < -0.39 is 73.3 Å². The van der Waals surface area contributed by atoms with Gasteiger partial charge in [-0.3, -0.25) is 44.2 Å². The first-order chi connectivity index (χ1) is 37.3. The molecule has 0 fully saturated rings. The maximum Gasteiger partial charge on any atom is 0.413 e. The number of anilines is 3. The Kier molecular flexibility index (Phi) is 15.6. The minimum atomic E-state index is -1.35. The average Bonchev–Trinajstić information content (AvgIpc) is 4.03. The van der Waals surface area contributed by atoms with E-state index in [2.05, 4.69) is 35.9 Å². The van der Waals surface area contributed by atoms with Crippen molar-refractivity contribution in [1.82, 2.24) is 38.9 Å². The van der Waals surface area contributed by atoms with Crippen LogP contribution < -0.4 is 27.2 Å². The van der Waals surface area contributed by atoms with Crippen LogP contribution in [-0.4, -0.2) is 99.6 Å². The molecule has 0 bridgehead atoms. The van der Waals surface area contributed by atoms with Crippen molar-refractivity contribution >= 4 is 64.2 Å². The van der Waals surface area contributed by atoms with E-state index in [1.165, 1.54) is 41.3 Å². The molecule has 5 aromatic carbocycles. The predicted molar refractivity (Wildman–Crippen MR) is 280 cm³/mol. The number of fused-ring (bicyclic) bond motifs is 4. The predicted octanol–water partition coefficient (Wildman–Crippen LogP) is 5.88. The first-order valence-corrected chi connectivity index (χ1v) is 24.1. The van der Waals surface area contributed by atoms with Gasteiger partial charge in [-0.25, -0.2) is 29.3 Å². The SMILES string of the molecule is Cc1cn(CC(=O)N(CC(=O)O)Cc2ccccc2NC(=O)CN(Cc2ccccc2NC(=O)OCC2c3ccccc3-c3ccccc32)C(=O)Cn2cnc3c(NC(=O)OCc4ccccc4)ncnc32)c(=O)[nH]c1=O. The maximum atomic E-state index is 14.6. The number of aromatic amines is 1. The fourth-order valence-electron chi connectivity index (χ4n) is 8.88. The molecule has 0 unspecified atom stereocenters. The van der Waals surface area contributed by atoms with Crippen LogP contribution in [0, 0.1) is 6.92 Å². The van der Waals surface area contributed by atoms with Crippen LogP contribution >= 0.6 is 0 Å². The number of carbonyl (C=O) groups is 6. The third-order valence-corrected chi connectivity index (χ3v) is 12.6. The van der Waals surface area contributed by atoms with E-state index in [4.69, 9.17) is 9.47 Å². The van der Waals surface area contributed by atoms with Gasteiger partial charge in [-0.05, 0) is 58.0 Å². The number of para-hydroxylation sites is 2. The van der Waals surface area contributed by atoms with Crippen molar-refractivity contribution in [1.29, 1.82) is 0 Å². The van der Waals surface area contributed by atoms with E-state index in [0.29, 0.717) is 16.8 Å². The molecule has 3 heterocycles. The molecule has 0 saturated carbocycles. The molecule has 8 aromatic rings. The van der Waals surface area contributed by atoms with Crippen LogP contribution in [0.3, 0.4) is 0 Å². The number of aliphatic carboxylic acids is 1. The van der Waals surface area contributed by atoms with Crippen molar-refractivity contribution in [2.45, 2.75) is 45.6 Å². The molecule has 390 valence electrons. The molecule has 5 N–H and O–H groups in total. The minimum absolute atomic E-state index is 0.00521. The number of imidazole rings is 1. The summed E-state index contributed by atoms with van der Waals surface area (Å²) >= 11 is 0. The van der Waals surface area contributed by atoms with Crippen LogP contribution in [0.4, 0.5) is 26.8 Å². The Morgan fingerprint density at radius 3 is 1.88 bits per heavy atom. The first-order valence-electron chi connectivity index (χ1n) is 24.1. The lowest BCUT2D eigenvalue weighted by atomic mass is 9.98. The molecule has 77 heavy (non-hydrogen) atoms. The number of aromatic nitrogens is 6. The normalized spacial score (nSPS) is 11.5. The summed E-state index contributed by atoms with van der Waals surface area (Å²) in [6.07, 6.45) is 2.15. The molecule has 1 aliphatic rings. The van der Waals surface area contributed by atoms with Crippen molar-refractivity contribution in [2.75, 3.05) is 35.6 Å². The molecule has 0 atom stereocenters. The third-order valence-electron chi connectivity index (χ3n) is 12.6. The van der Waals surface area contributed by atoms with Gasteiger partial charge >= 0.3 is 23.8 Å². The van der Waals surface area contributed by atoms with Gasteiger partial charge < -0.3 is 34.3 Å². The zero-order chi connectivity index (χ0) is 54.0. The largest absolute Gasteiger partial charge is 0.480 e. The summed E-state index contributed by atoms with van der Waals surface area (Å²) in [7, 11) is 0. The lowest BCUT2D eigenvalue weighted by molar-refractivity contribution is -0.145. The monoisotopic (exact) mass is 1040 g/mol. The standard InChI is InChI=1S/C55H49N11O11/c1-34-23-65(53(73)62-52(34)72)27-46(68)64(29-48(70)71)25-36-15-5-11-21-43(36)59-45(67)26-63(47(69)28-66-33-58-49-50(56-32-57-51(49)66)61-55(75)76-30-35-13-3-2-4-14-35)24-37-16-6-12-22-44(37)60-54(74)77-31-42-40-19-9-7-17-38(40)39-18-8-10-20-41(39)42/h2-23,32-33,42H,24-31H2,1H3,(H,59,67)(H,60,74)(H,70,71)(H,62,72,73)(H,56,57,61,75). The van der Waals surface area contributed by atoms with E-state index in [1.54, 1.807) is 54.6 Å². The van der Waals surface area contributed by atoms with Crippen LogP contribution in [0.2, 0.25) is 0 Å². The van der Waals surface area contributed by atoms with Gasteiger partial charge in [0.25, 0.3) is 5.56 Å². The molecule has 0 aliphatic heterocycles. The van der Waals surface area contributed by atoms with Crippen molar-refractivity contribution in [3.8, 4) is 11.1 Å². The molecule has 5 amide bonds. The number of nitrogens with zero attached hydrogens (tertiary/aromatic N) is 7. The fourth-order valence-corrected chi connectivity index (χ4v) is 8.88. The van der Waals surface area contributed by atoms with Crippen molar-refractivity contribution < 1.29 is 43.3 Å². The fraction of sp³-hybridized carbons (Fsp3) is 0.182. The van der Waals surface area contributed by atoms with Gasteiger partial charge in [0.2, 0.25) is 17.7 Å². The highest BCUT2D eigenvalue weighted by molar-refractivity contribution is 5.96. The number of rotatable bonds is 19. The number of nitrogens with one attached hydrogen (secondary N) is 4. The van der Waals surface area contributed by atoms with Crippen LogP contribution in [0.5, 0.6) is 0 Å². The Labute approximate surface area is 437 Å². The van der Waals surface area contributed by atoms with Crippen LogP contribution in [-0.2, 0) is 61.4 Å². The van der Waals surface area contributed by atoms with Gasteiger partial charge in [-0.2, -0.15) is 0 Å². The van der Waals surface area contributed by atoms with Gasteiger partial charge in [-0.1, -0.05) is 115 Å². The second-order valence-corrected chi connectivity index (χ2v) is 17.9. The Morgan fingerprint density at radius 2 is 1.22 bits per heavy atom. The number of carbonyl (C=O) groups excluding carboxylic acids is 5. The van der Waals surface area contributed by atoms with Crippen LogP contribution in [0.25, 0.3) is 22.3 Å². The average molecular weight is 1040 g/mol. The number of amides is 5. The Hall–Kier alpha value is -10.3. The van der Waals surface area contributed by atoms with E-state index in [9.17, 15) is 43.5 Å². The summed E-state index contributed by atoms with van der Waals surface area (Å²) in [5, 5.41) is 18.0. The quantitative estimate of drug-likeness (QED) is 0.0633. The molecule has 3 aromatic heterocycles. The lowest BCUT2D eigenvalue weighted by Crippen LogP contribution is -2.41. The topological polar surface area (TPSA) is 282 Å². The molecular weight excluding hydrogens is 991 g/mol. The summed E-state index contributed by atoms with van der Waals surface area (Å²) < 4.78 is 13.6. The van der Waals surface area contributed by atoms with E-state index >= 15 is 0 Å². The number of hydrogen-bond acceptors (Lipinski definition) is 13. The summed E-state index contributed by atoms with van der Waals surface area (Å²) in [5.41, 5.74) is 5.16. The lowest BCUT2D eigenvalue weighted by Gasteiger charge is -2.25. The second kappa shape index (κ2) is 23.3. The molecule has 22 nitrogen and oxygen atoms in total. The van der Waals surface area contributed by atoms with Crippen molar-refractivity contribution in [2.24, 2.45) is 0 Å². The highest BCUT2D eigenvalue weighted by Gasteiger charge is 2.30. The third kappa shape index (κ3) is 12.4. The summed E-state index contributed by atoms with van der Waals surface area (Å²) in [5.74, 6) is -3.61. The number of carboxylic acid groups (broad SMARTS) is 1. The Bertz CT molecular complexity index is 3630. The van der Waals surface area contributed by atoms with Gasteiger partial charge in [0.1, 0.15) is 45.7 Å². The zero-order valence-electron chi connectivity index (χ0n) is 41.3. The molecule has 0 spiro atoms. The minimum Gasteiger partial charge on any atom is -0.480 e. The number of H-pyrrole nitrogens is 1. The number of ether oxygens (including phenoxy) is 2. The number of carboxylic acids is 1. The molecule has 22 heteroatoms. The van der Waals surface area contributed by atoms with Crippen molar-refractivity contribution in [3.05, 3.63) is 200 Å². The Morgan fingerprint density at radius 1 is 0.649 bits per heavy atom. The smallest absolute Gasteiger partial charge is 0.413 e. The van der Waals surface area contributed by atoms with Gasteiger partial charge in [0, 0.05) is 42.1 Å². The number of hydrogen-bond donors (Lipinski definition) is 5. The highest BCUT2D eigenvalue weighted by atomic mass is 16.6. The molecule has 0 saturated heterocycles. The number of benzene rings is 5. The van der Waals surface area contributed by atoms with E-state index in [0.717, 1.165) is 37.3 Å². The summed E-state index contributed by atoms with van der Waals surface area (Å²) in [6, 6.07) is 38.0. The highest BCUT2D eigenvalue weighted by Crippen LogP contribution is 2.44. The van der Waals surface area contributed by atoms with Crippen LogP contribution in [0.15, 0.2) is 156 Å². The maximum absolute atomic E-state index is 14.6. The van der Waals surface area contributed by atoms with Crippen LogP contribution in [0.1, 0.15) is 39.3 Å². The summed E-state index contributed by atoms with van der Waals surface area (Å²) in [6.45, 7) is -1.41.